The minimum absolute atomic E-state index is 0. The van der Waals surface area contributed by atoms with E-state index in [-0.39, 0.29) is 30.5 Å². The quantitative estimate of drug-likeness (QED) is 0.908. The zero-order valence-electron chi connectivity index (χ0n) is 12.7. The summed E-state index contributed by atoms with van der Waals surface area (Å²) in [5, 5.41) is 7.20. The lowest BCUT2D eigenvalue weighted by Crippen LogP contribution is -2.55. The normalized spacial score (nSPS) is 21.4. The Morgan fingerprint density at radius 2 is 2.18 bits per heavy atom. The molecule has 0 bridgehead atoms. The predicted molar refractivity (Wildman–Crippen MR) is 87.3 cm³/mol. The van der Waals surface area contributed by atoms with Crippen LogP contribution in [0.25, 0.3) is 11.0 Å². The monoisotopic (exact) mass is 324 g/mol. The van der Waals surface area contributed by atoms with E-state index in [2.05, 4.69) is 10.6 Å². The molecular formula is C16H21ClN2O3. The highest BCUT2D eigenvalue weighted by molar-refractivity contribution is 5.85. The highest BCUT2D eigenvalue weighted by atomic mass is 35.5. The summed E-state index contributed by atoms with van der Waals surface area (Å²) in [6.07, 6.45) is -0.115. The first kappa shape index (κ1) is 16.8. The summed E-state index contributed by atoms with van der Waals surface area (Å²) >= 11 is 0. The average Bonchev–Trinajstić information content (AvgIpc) is 2.82. The van der Waals surface area contributed by atoms with Crippen molar-refractivity contribution in [2.24, 2.45) is 0 Å². The van der Waals surface area contributed by atoms with Crippen LogP contribution in [-0.2, 0) is 16.1 Å². The van der Waals surface area contributed by atoms with Gasteiger partial charge in [0.1, 0.15) is 17.4 Å². The zero-order valence-corrected chi connectivity index (χ0v) is 13.5. The first-order valence-electron chi connectivity index (χ1n) is 7.26. The summed E-state index contributed by atoms with van der Waals surface area (Å²) in [6, 6.07) is 7.59. The van der Waals surface area contributed by atoms with Gasteiger partial charge in [-0.25, -0.2) is 0 Å². The van der Waals surface area contributed by atoms with Gasteiger partial charge in [-0.2, -0.15) is 0 Å². The predicted octanol–water partition coefficient (Wildman–Crippen LogP) is 2.16. The molecule has 1 aromatic carbocycles. The fraction of sp³-hybridized carbons (Fsp3) is 0.438. The van der Waals surface area contributed by atoms with Crippen molar-refractivity contribution in [1.29, 1.82) is 0 Å². The van der Waals surface area contributed by atoms with Gasteiger partial charge in [0.25, 0.3) is 0 Å². The molecule has 5 nitrogen and oxygen atoms in total. The van der Waals surface area contributed by atoms with Gasteiger partial charge in [-0.1, -0.05) is 18.2 Å². The Labute approximate surface area is 135 Å². The lowest BCUT2D eigenvalue weighted by atomic mass is 10.1. The van der Waals surface area contributed by atoms with Crippen LogP contribution in [0.3, 0.4) is 0 Å². The number of nitrogens with one attached hydrogen (secondary N) is 2. The van der Waals surface area contributed by atoms with Crippen molar-refractivity contribution in [2.75, 3.05) is 13.2 Å². The molecule has 1 fully saturated rings. The second kappa shape index (κ2) is 7.13. The topological polar surface area (TPSA) is 63.5 Å². The Balaban J connectivity index is 0.00000176. The fourth-order valence-electron chi connectivity index (χ4n) is 2.70. The van der Waals surface area contributed by atoms with Gasteiger partial charge in [-0.15, -0.1) is 12.4 Å². The highest BCUT2D eigenvalue weighted by Gasteiger charge is 2.28. The van der Waals surface area contributed by atoms with E-state index >= 15 is 0 Å². The number of halogens is 1. The Kier molecular flexibility index (Phi) is 5.45. The number of para-hydroxylation sites is 1. The number of carbonyl (C=O) groups excluding carboxylic acids is 1. The van der Waals surface area contributed by atoms with Crippen molar-refractivity contribution in [3.8, 4) is 0 Å². The molecule has 2 N–H and O–H groups in total. The first-order valence-corrected chi connectivity index (χ1v) is 7.26. The summed E-state index contributed by atoms with van der Waals surface area (Å²) in [4.78, 5) is 12.2. The van der Waals surface area contributed by atoms with Crippen molar-refractivity contribution < 1.29 is 13.9 Å². The number of furan rings is 1. The molecule has 2 atom stereocenters. The third-order valence-electron chi connectivity index (χ3n) is 3.96. The molecule has 1 amide bonds. The van der Waals surface area contributed by atoms with Gasteiger partial charge in [0.15, 0.2) is 0 Å². The van der Waals surface area contributed by atoms with Crippen LogP contribution in [0.5, 0.6) is 0 Å². The molecule has 1 aliphatic rings. The van der Waals surface area contributed by atoms with E-state index in [1.54, 1.807) is 0 Å². The first-order chi connectivity index (χ1) is 10.2. The highest BCUT2D eigenvalue weighted by Crippen LogP contribution is 2.24. The minimum atomic E-state index is -0.302. The van der Waals surface area contributed by atoms with Gasteiger partial charge >= 0.3 is 0 Å². The number of aryl methyl sites for hydroxylation is 1. The second-order valence-electron chi connectivity index (χ2n) is 5.37. The minimum Gasteiger partial charge on any atom is -0.459 e. The number of hydrogen-bond donors (Lipinski definition) is 2. The van der Waals surface area contributed by atoms with Crippen LogP contribution in [0.1, 0.15) is 18.2 Å². The van der Waals surface area contributed by atoms with Crippen molar-refractivity contribution in [2.45, 2.75) is 32.5 Å². The molecule has 6 heteroatoms. The molecule has 2 heterocycles. The van der Waals surface area contributed by atoms with E-state index in [1.165, 1.54) is 0 Å². The van der Waals surface area contributed by atoms with E-state index in [9.17, 15) is 4.79 Å². The smallest absolute Gasteiger partial charge is 0.240 e. The van der Waals surface area contributed by atoms with Crippen molar-refractivity contribution in [3.63, 3.8) is 0 Å². The molecule has 22 heavy (non-hydrogen) atoms. The molecule has 1 aliphatic heterocycles. The maximum Gasteiger partial charge on any atom is 0.240 e. The summed E-state index contributed by atoms with van der Waals surface area (Å²) < 4.78 is 11.3. The van der Waals surface area contributed by atoms with Crippen molar-refractivity contribution >= 4 is 29.3 Å². The van der Waals surface area contributed by atoms with Crippen LogP contribution in [0, 0.1) is 6.92 Å². The largest absolute Gasteiger partial charge is 0.459 e. The van der Waals surface area contributed by atoms with E-state index in [4.69, 9.17) is 9.15 Å². The molecule has 0 spiro atoms. The second-order valence-corrected chi connectivity index (χ2v) is 5.37. The molecule has 120 valence electrons. The molecule has 0 radical (unpaired) electrons. The van der Waals surface area contributed by atoms with Crippen LogP contribution < -0.4 is 10.6 Å². The van der Waals surface area contributed by atoms with E-state index in [0.29, 0.717) is 19.7 Å². The van der Waals surface area contributed by atoms with Crippen molar-refractivity contribution in [1.82, 2.24) is 10.6 Å². The number of benzene rings is 1. The molecule has 0 unspecified atom stereocenters. The molecule has 2 aromatic rings. The van der Waals surface area contributed by atoms with Gasteiger partial charge < -0.3 is 19.8 Å². The fourth-order valence-corrected chi connectivity index (χ4v) is 2.70. The number of morpholine rings is 1. The number of amides is 1. The average molecular weight is 325 g/mol. The number of ether oxygens (including phenoxy) is 1. The van der Waals surface area contributed by atoms with E-state index in [0.717, 1.165) is 22.3 Å². The third kappa shape index (κ3) is 3.27. The lowest BCUT2D eigenvalue weighted by molar-refractivity contribution is -0.129. The Morgan fingerprint density at radius 3 is 2.91 bits per heavy atom. The summed E-state index contributed by atoms with van der Waals surface area (Å²) in [7, 11) is 0. The molecule has 0 aliphatic carbocycles. The van der Waals surface area contributed by atoms with Crippen molar-refractivity contribution in [3.05, 3.63) is 35.6 Å². The zero-order chi connectivity index (χ0) is 14.8. The van der Waals surface area contributed by atoms with E-state index in [1.807, 2.05) is 38.1 Å². The maximum atomic E-state index is 12.2. The molecule has 1 aromatic heterocycles. The molecule has 0 saturated carbocycles. The van der Waals surface area contributed by atoms with Crippen LogP contribution in [0.2, 0.25) is 0 Å². The van der Waals surface area contributed by atoms with Gasteiger partial charge in [0, 0.05) is 17.5 Å². The van der Waals surface area contributed by atoms with Crippen LogP contribution >= 0.6 is 12.4 Å². The van der Waals surface area contributed by atoms with Crippen LogP contribution in [0.15, 0.2) is 28.7 Å². The SMILES string of the molecule is Cc1c(CNC(=O)[C@H]2NCCO[C@@H]2C)oc2ccccc12.Cl. The van der Waals surface area contributed by atoms with Gasteiger partial charge in [-0.05, 0) is 19.9 Å². The number of carbonyl (C=O) groups is 1. The number of fused-ring (bicyclic) bond motifs is 1. The summed E-state index contributed by atoms with van der Waals surface area (Å²) in [5.41, 5.74) is 1.93. The summed E-state index contributed by atoms with van der Waals surface area (Å²) in [6.45, 7) is 5.66. The Bertz CT molecular complexity index is 656. The standard InChI is InChI=1S/C16H20N2O3.ClH/c1-10-12-5-3-4-6-13(12)21-14(10)9-18-16(19)15-11(2)20-8-7-17-15;/h3-6,11,15,17H,7-9H2,1-2H3,(H,18,19);1H/t11-,15+;/m1./s1. The Morgan fingerprint density at radius 1 is 1.41 bits per heavy atom. The van der Waals surface area contributed by atoms with Gasteiger partial charge in [0.05, 0.1) is 19.3 Å². The molecule has 1 saturated heterocycles. The Hall–Kier alpha value is -1.56. The summed E-state index contributed by atoms with van der Waals surface area (Å²) in [5.74, 6) is 0.746. The molecular weight excluding hydrogens is 304 g/mol. The van der Waals surface area contributed by atoms with Crippen LogP contribution in [0.4, 0.5) is 0 Å². The lowest BCUT2D eigenvalue weighted by Gasteiger charge is -2.29. The number of rotatable bonds is 3. The molecule has 3 rings (SSSR count). The number of hydrogen-bond acceptors (Lipinski definition) is 4. The maximum absolute atomic E-state index is 12.2. The van der Waals surface area contributed by atoms with Crippen LogP contribution in [-0.4, -0.2) is 31.2 Å². The van der Waals surface area contributed by atoms with Gasteiger partial charge in [0.2, 0.25) is 5.91 Å². The third-order valence-corrected chi connectivity index (χ3v) is 3.96. The van der Waals surface area contributed by atoms with E-state index < -0.39 is 0 Å². The van der Waals surface area contributed by atoms with Gasteiger partial charge in [-0.3, -0.25) is 4.79 Å².